The fourth-order valence-electron chi connectivity index (χ4n) is 3.10. The van der Waals surface area contributed by atoms with Gasteiger partial charge >= 0.3 is 0 Å². The van der Waals surface area contributed by atoms with Crippen molar-refractivity contribution in [2.45, 2.75) is 38.1 Å². The molecule has 1 aromatic heterocycles. The number of aryl methyl sites for hydroxylation is 1. The number of aromatic nitrogens is 1. The van der Waals surface area contributed by atoms with Gasteiger partial charge in [0, 0.05) is 18.4 Å². The molecule has 2 N–H and O–H groups in total. The third-order valence-corrected chi connectivity index (χ3v) is 4.22. The molecular weight excluding hydrogens is 232 g/mol. The van der Waals surface area contributed by atoms with Crippen molar-refractivity contribution in [3.8, 4) is 0 Å². The molecule has 0 radical (unpaired) electrons. The van der Waals surface area contributed by atoms with Crippen LogP contribution < -0.4 is 5.73 Å². The lowest BCUT2D eigenvalue weighted by Crippen LogP contribution is -2.23. The van der Waals surface area contributed by atoms with Crippen LogP contribution >= 0.6 is 0 Å². The predicted octanol–water partition coefficient (Wildman–Crippen LogP) is 3.37. The van der Waals surface area contributed by atoms with E-state index in [1.165, 1.54) is 28.7 Å². The lowest BCUT2D eigenvalue weighted by molar-refractivity contribution is 0.496. The van der Waals surface area contributed by atoms with Gasteiger partial charge < -0.3 is 5.73 Å². The van der Waals surface area contributed by atoms with E-state index in [2.05, 4.69) is 42.2 Å². The van der Waals surface area contributed by atoms with E-state index in [0.717, 1.165) is 12.8 Å². The lowest BCUT2D eigenvalue weighted by atomic mass is 9.73. The number of fused-ring (bicyclic) bond motifs is 1. The van der Waals surface area contributed by atoms with Crippen molar-refractivity contribution >= 4 is 0 Å². The number of rotatable bonds is 4. The smallest absolute Gasteiger partial charge is 0.0304 e. The van der Waals surface area contributed by atoms with Crippen LogP contribution in [0.1, 0.15) is 47.6 Å². The van der Waals surface area contributed by atoms with Crippen LogP contribution in [0.2, 0.25) is 0 Å². The van der Waals surface area contributed by atoms with Crippen LogP contribution in [0.15, 0.2) is 42.7 Å². The first kappa shape index (κ1) is 12.4. The van der Waals surface area contributed by atoms with Gasteiger partial charge in [0.05, 0.1) is 0 Å². The molecule has 0 fully saturated rings. The predicted molar refractivity (Wildman–Crippen MR) is 78.0 cm³/mol. The van der Waals surface area contributed by atoms with Crippen molar-refractivity contribution < 1.29 is 0 Å². The lowest BCUT2D eigenvalue weighted by Gasteiger charge is -2.32. The zero-order valence-electron chi connectivity index (χ0n) is 11.3. The van der Waals surface area contributed by atoms with Gasteiger partial charge in [-0.1, -0.05) is 31.2 Å². The van der Waals surface area contributed by atoms with Gasteiger partial charge in [0.2, 0.25) is 0 Å². The van der Waals surface area contributed by atoms with Crippen LogP contribution in [-0.2, 0) is 12.8 Å². The van der Waals surface area contributed by atoms with Gasteiger partial charge in [0.1, 0.15) is 0 Å². The topological polar surface area (TPSA) is 38.9 Å². The van der Waals surface area contributed by atoms with Crippen molar-refractivity contribution in [2.24, 2.45) is 5.73 Å². The summed E-state index contributed by atoms with van der Waals surface area (Å²) in [5.41, 5.74) is 11.9. The van der Waals surface area contributed by atoms with Crippen molar-refractivity contribution in [3.05, 3.63) is 65.0 Å². The third-order valence-electron chi connectivity index (χ3n) is 4.22. The molecule has 1 heterocycles. The molecule has 0 aliphatic heterocycles. The van der Waals surface area contributed by atoms with Crippen molar-refractivity contribution in [1.29, 1.82) is 0 Å². The van der Waals surface area contributed by atoms with Crippen molar-refractivity contribution in [3.63, 3.8) is 0 Å². The molecule has 0 bridgehead atoms. The van der Waals surface area contributed by atoms with Gasteiger partial charge in [-0.3, -0.25) is 4.98 Å². The first-order chi connectivity index (χ1) is 9.29. The largest absolute Gasteiger partial charge is 0.324 e. The summed E-state index contributed by atoms with van der Waals surface area (Å²) in [4.78, 5) is 4.19. The van der Waals surface area contributed by atoms with Crippen LogP contribution in [-0.4, -0.2) is 4.98 Å². The maximum atomic E-state index is 6.41. The standard InChI is InChI=1S/C17H20N2/c1-2-12-11-19-8-7-16(12)17(18)10-14-9-13-5-3-4-6-15(13)14/h3-8,11,14,17H,2,9-10,18H2,1H3. The summed E-state index contributed by atoms with van der Waals surface area (Å²) in [6.45, 7) is 2.16. The Morgan fingerprint density at radius 3 is 2.95 bits per heavy atom. The Morgan fingerprint density at radius 1 is 1.32 bits per heavy atom. The number of nitrogens with two attached hydrogens (primary N) is 1. The van der Waals surface area contributed by atoms with E-state index in [-0.39, 0.29) is 6.04 Å². The molecule has 2 aromatic rings. The average molecular weight is 252 g/mol. The first-order valence-electron chi connectivity index (χ1n) is 7.05. The molecule has 1 aromatic carbocycles. The quantitative estimate of drug-likeness (QED) is 0.906. The summed E-state index contributed by atoms with van der Waals surface area (Å²) >= 11 is 0. The number of nitrogens with zero attached hydrogens (tertiary/aromatic N) is 1. The molecule has 1 aliphatic rings. The van der Waals surface area contributed by atoms with Gasteiger partial charge in [-0.05, 0) is 53.5 Å². The minimum absolute atomic E-state index is 0.122. The maximum Gasteiger partial charge on any atom is 0.0304 e. The number of hydrogen-bond donors (Lipinski definition) is 1. The summed E-state index contributed by atoms with van der Waals surface area (Å²) in [5, 5.41) is 0. The van der Waals surface area contributed by atoms with Crippen LogP contribution in [0.4, 0.5) is 0 Å². The molecule has 0 saturated heterocycles. The Balaban J connectivity index is 1.75. The van der Waals surface area contributed by atoms with E-state index < -0.39 is 0 Å². The number of benzene rings is 1. The second-order valence-electron chi connectivity index (χ2n) is 5.37. The highest BCUT2D eigenvalue weighted by Crippen LogP contribution is 2.40. The molecule has 2 unspecified atom stereocenters. The third kappa shape index (κ3) is 2.28. The average Bonchev–Trinajstić information content (AvgIpc) is 2.44. The maximum absolute atomic E-state index is 6.41. The van der Waals surface area contributed by atoms with Crippen molar-refractivity contribution in [2.75, 3.05) is 0 Å². The second kappa shape index (κ2) is 5.14. The number of pyridine rings is 1. The van der Waals surface area contributed by atoms with E-state index >= 15 is 0 Å². The summed E-state index contributed by atoms with van der Waals surface area (Å²) in [6, 6.07) is 10.9. The Bertz CT molecular complexity index is 577. The van der Waals surface area contributed by atoms with Crippen LogP contribution in [0.25, 0.3) is 0 Å². The fraction of sp³-hybridized carbons (Fsp3) is 0.353. The van der Waals surface area contributed by atoms with Gasteiger partial charge in [-0.25, -0.2) is 0 Å². The molecular formula is C17H20N2. The van der Waals surface area contributed by atoms with E-state index in [0.29, 0.717) is 5.92 Å². The molecule has 3 rings (SSSR count). The summed E-state index contributed by atoms with van der Waals surface area (Å²) in [7, 11) is 0. The Hall–Kier alpha value is -1.67. The highest BCUT2D eigenvalue weighted by molar-refractivity contribution is 5.40. The fourth-order valence-corrected chi connectivity index (χ4v) is 3.10. The summed E-state index contributed by atoms with van der Waals surface area (Å²) in [6.07, 6.45) is 7.01. The molecule has 19 heavy (non-hydrogen) atoms. The molecule has 98 valence electrons. The molecule has 0 saturated carbocycles. The molecule has 2 atom stereocenters. The van der Waals surface area contributed by atoms with E-state index in [9.17, 15) is 0 Å². The van der Waals surface area contributed by atoms with E-state index in [1.807, 2.05) is 12.4 Å². The van der Waals surface area contributed by atoms with E-state index in [4.69, 9.17) is 5.73 Å². The first-order valence-corrected chi connectivity index (χ1v) is 7.05. The molecule has 1 aliphatic carbocycles. The highest BCUT2D eigenvalue weighted by Gasteiger charge is 2.27. The summed E-state index contributed by atoms with van der Waals surface area (Å²) in [5.74, 6) is 0.629. The van der Waals surface area contributed by atoms with Gasteiger partial charge in [-0.15, -0.1) is 0 Å². The van der Waals surface area contributed by atoms with Gasteiger partial charge in [0.15, 0.2) is 0 Å². The molecule has 0 spiro atoms. The van der Waals surface area contributed by atoms with E-state index in [1.54, 1.807) is 0 Å². The highest BCUT2D eigenvalue weighted by atomic mass is 14.7. The Labute approximate surface area is 114 Å². The number of hydrogen-bond acceptors (Lipinski definition) is 2. The van der Waals surface area contributed by atoms with Crippen LogP contribution in [0.3, 0.4) is 0 Å². The van der Waals surface area contributed by atoms with Crippen molar-refractivity contribution in [1.82, 2.24) is 4.98 Å². The Kier molecular flexibility index (Phi) is 3.34. The van der Waals surface area contributed by atoms with Crippen LogP contribution in [0.5, 0.6) is 0 Å². The van der Waals surface area contributed by atoms with Gasteiger partial charge in [0.25, 0.3) is 0 Å². The second-order valence-corrected chi connectivity index (χ2v) is 5.37. The molecule has 2 nitrogen and oxygen atoms in total. The summed E-state index contributed by atoms with van der Waals surface area (Å²) < 4.78 is 0. The zero-order valence-corrected chi connectivity index (χ0v) is 11.3. The molecule has 2 heteroatoms. The minimum Gasteiger partial charge on any atom is -0.324 e. The Morgan fingerprint density at radius 2 is 2.16 bits per heavy atom. The van der Waals surface area contributed by atoms with Crippen LogP contribution in [0, 0.1) is 0 Å². The van der Waals surface area contributed by atoms with Gasteiger partial charge in [-0.2, -0.15) is 0 Å². The minimum atomic E-state index is 0.122. The zero-order chi connectivity index (χ0) is 13.2. The SMILES string of the molecule is CCc1cnccc1C(N)CC1Cc2ccccc21. The molecule has 0 amide bonds. The monoisotopic (exact) mass is 252 g/mol. The normalized spacial score (nSPS) is 18.5.